The molecule has 0 bridgehead atoms. The smallest absolute Gasteiger partial charge is 0.262 e. The molecule has 0 spiro atoms. The third-order valence-electron chi connectivity index (χ3n) is 4.60. The molecule has 7 heteroatoms. The van der Waals surface area contributed by atoms with Crippen molar-refractivity contribution in [3.8, 4) is 5.75 Å². The van der Waals surface area contributed by atoms with Gasteiger partial charge in [0.1, 0.15) is 5.75 Å². The number of anilines is 1. The number of methoxy groups -OCH3 is 1. The van der Waals surface area contributed by atoms with E-state index < -0.39 is 10.0 Å². The van der Waals surface area contributed by atoms with E-state index in [1.54, 1.807) is 51.3 Å². The van der Waals surface area contributed by atoms with Crippen molar-refractivity contribution in [1.82, 2.24) is 5.32 Å². The Kier molecular flexibility index (Phi) is 6.49. The SMILES string of the molecule is CC[C@H](C)NC(=O)c1ccccc1NS(=O)(=O)c1ccc(OC)c(C)c1C. The Balaban J connectivity index is 2.40. The van der Waals surface area contributed by atoms with E-state index in [2.05, 4.69) is 10.0 Å². The number of carbonyl (C=O) groups excluding carboxylic acids is 1. The monoisotopic (exact) mass is 390 g/mol. The van der Waals surface area contributed by atoms with Crippen LogP contribution in [0.2, 0.25) is 0 Å². The summed E-state index contributed by atoms with van der Waals surface area (Å²) in [5.74, 6) is 0.310. The number of benzene rings is 2. The highest BCUT2D eigenvalue weighted by atomic mass is 32.2. The fourth-order valence-corrected chi connectivity index (χ4v) is 4.04. The van der Waals surface area contributed by atoms with Crippen LogP contribution in [0, 0.1) is 13.8 Å². The van der Waals surface area contributed by atoms with Crippen molar-refractivity contribution in [2.75, 3.05) is 11.8 Å². The Hall–Kier alpha value is -2.54. The molecule has 0 aliphatic rings. The number of sulfonamides is 1. The number of ether oxygens (including phenoxy) is 1. The summed E-state index contributed by atoms with van der Waals surface area (Å²) in [5.41, 5.74) is 1.88. The first-order valence-electron chi connectivity index (χ1n) is 8.78. The summed E-state index contributed by atoms with van der Waals surface area (Å²) < 4.78 is 33.7. The van der Waals surface area contributed by atoms with Crippen LogP contribution in [0.25, 0.3) is 0 Å². The molecule has 6 nitrogen and oxygen atoms in total. The lowest BCUT2D eigenvalue weighted by Gasteiger charge is -2.17. The quantitative estimate of drug-likeness (QED) is 0.756. The van der Waals surface area contributed by atoms with E-state index >= 15 is 0 Å². The number of amides is 1. The lowest BCUT2D eigenvalue weighted by molar-refractivity contribution is 0.0940. The van der Waals surface area contributed by atoms with Crippen molar-refractivity contribution in [1.29, 1.82) is 0 Å². The van der Waals surface area contributed by atoms with Gasteiger partial charge < -0.3 is 10.1 Å². The zero-order valence-electron chi connectivity index (χ0n) is 16.3. The normalized spacial score (nSPS) is 12.3. The minimum atomic E-state index is -3.87. The van der Waals surface area contributed by atoms with Gasteiger partial charge in [0, 0.05) is 6.04 Å². The fraction of sp³-hybridized carbons (Fsp3) is 0.350. The number of carbonyl (C=O) groups is 1. The highest BCUT2D eigenvalue weighted by Gasteiger charge is 2.22. The van der Waals surface area contributed by atoms with Gasteiger partial charge in [-0.15, -0.1) is 0 Å². The lowest BCUT2D eigenvalue weighted by Crippen LogP contribution is -2.32. The summed E-state index contributed by atoms with van der Waals surface area (Å²) in [6, 6.07) is 9.68. The number of rotatable bonds is 7. The molecule has 0 fully saturated rings. The third-order valence-corrected chi connectivity index (χ3v) is 6.11. The maximum atomic E-state index is 12.9. The summed E-state index contributed by atoms with van der Waals surface area (Å²) in [6.07, 6.45) is 0.782. The third kappa shape index (κ3) is 4.60. The van der Waals surface area contributed by atoms with Crippen molar-refractivity contribution in [2.24, 2.45) is 0 Å². The van der Waals surface area contributed by atoms with Crippen LogP contribution < -0.4 is 14.8 Å². The van der Waals surface area contributed by atoms with Crippen LogP contribution in [0.5, 0.6) is 5.75 Å². The summed E-state index contributed by atoms with van der Waals surface area (Å²) in [7, 11) is -2.33. The molecule has 2 rings (SSSR count). The van der Waals surface area contributed by atoms with E-state index in [1.807, 2.05) is 13.8 Å². The molecule has 2 aromatic carbocycles. The molecule has 27 heavy (non-hydrogen) atoms. The number of para-hydroxylation sites is 1. The molecule has 0 aliphatic heterocycles. The van der Waals surface area contributed by atoms with Crippen LogP contribution in [-0.2, 0) is 10.0 Å². The summed E-state index contributed by atoms with van der Waals surface area (Å²) in [6.45, 7) is 7.40. The standard InChI is InChI=1S/C20H26N2O4S/c1-6-13(2)21-20(23)16-9-7-8-10-17(16)22-27(24,25)19-12-11-18(26-5)14(3)15(19)4/h7-13,22H,6H2,1-5H3,(H,21,23)/t13-/m0/s1. The van der Waals surface area contributed by atoms with Crippen LogP contribution in [0.4, 0.5) is 5.69 Å². The average Bonchev–Trinajstić information content (AvgIpc) is 2.63. The molecule has 1 atom stereocenters. The molecule has 0 aromatic heterocycles. The first-order chi connectivity index (χ1) is 12.7. The Morgan fingerprint density at radius 1 is 1.11 bits per heavy atom. The van der Waals surface area contributed by atoms with Gasteiger partial charge in [-0.2, -0.15) is 0 Å². The molecule has 0 radical (unpaired) electrons. The summed E-state index contributed by atoms with van der Waals surface area (Å²) in [4.78, 5) is 12.7. The predicted octanol–water partition coefficient (Wildman–Crippen LogP) is 3.64. The van der Waals surface area contributed by atoms with E-state index in [0.29, 0.717) is 11.3 Å². The molecule has 0 saturated carbocycles. The Labute approximate surface area is 161 Å². The van der Waals surface area contributed by atoms with E-state index in [0.717, 1.165) is 12.0 Å². The molecule has 0 heterocycles. The molecule has 0 aliphatic carbocycles. The summed E-state index contributed by atoms with van der Waals surface area (Å²) in [5, 5.41) is 2.86. The molecular formula is C20H26N2O4S. The van der Waals surface area contributed by atoms with Crippen molar-refractivity contribution >= 4 is 21.6 Å². The van der Waals surface area contributed by atoms with Crippen molar-refractivity contribution < 1.29 is 17.9 Å². The van der Waals surface area contributed by atoms with Crippen molar-refractivity contribution in [2.45, 2.75) is 45.1 Å². The van der Waals surface area contributed by atoms with E-state index in [9.17, 15) is 13.2 Å². The highest BCUT2D eigenvalue weighted by molar-refractivity contribution is 7.92. The molecule has 146 valence electrons. The second-order valence-corrected chi connectivity index (χ2v) is 8.10. The second kappa shape index (κ2) is 8.43. The second-order valence-electron chi connectivity index (χ2n) is 6.45. The van der Waals surface area contributed by atoms with Gasteiger partial charge >= 0.3 is 0 Å². The van der Waals surface area contributed by atoms with Gasteiger partial charge in [-0.05, 0) is 62.6 Å². The minimum Gasteiger partial charge on any atom is -0.496 e. The minimum absolute atomic E-state index is 0.00588. The van der Waals surface area contributed by atoms with Gasteiger partial charge in [0.2, 0.25) is 0 Å². The molecule has 2 N–H and O–H groups in total. The van der Waals surface area contributed by atoms with Crippen molar-refractivity contribution in [3.05, 3.63) is 53.1 Å². The van der Waals surface area contributed by atoms with Crippen LogP contribution >= 0.6 is 0 Å². The Morgan fingerprint density at radius 2 is 1.78 bits per heavy atom. The van der Waals surface area contributed by atoms with Crippen molar-refractivity contribution in [3.63, 3.8) is 0 Å². The maximum absolute atomic E-state index is 12.9. The van der Waals surface area contributed by atoms with Gasteiger partial charge in [-0.3, -0.25) is 9.52 Å². The highest BCUT2D eigenvalue weighted by Crippen LogP contribution is 2.28. The topological polar surface area (TPSA) is 84.5 Å². The first kappa shape index (κ1) is 20.8. The van der Waals surface area contributed by atoms with E-state index in [4.69, 9.17) is 4.74 Å². The van der Waals surface area contributed by atoms with Gasteiger partial charge in [0.25, 0.3) is 15.9 Å². The molecule has 1 amide bonds. The zero-order chi connectivity index (χ0) is 20.2. The largest absolute Gasteiger partial charge is 0.496 e. The Bertz CT molecular complexity index is 939. The number of hydrogen-bond acceptors (Lipinski definition) is 4. The van der Waals surface area contributed by atoms with Crippen LogP contribution in [0.1, 0.15) is 41.8 Å². The lowest BCUT2D eigenvalue weighted by atomic mass is 10.1. The van der Waals surface area contributed by atoms with Crippen LogP contribution in [-0.4, -0.2) is 27.5 Å². The van der Waals surface area contributed by atoms with Gasteiger partial charge in [-0.25, -0.2) is 8.42 Å². The van der Waals surface area contributed by atoms with Gasteiger partial charge in [-0.1, -0.05) is 19.1 Å². The number of hydrogen-bond donors (Lipinski definition) is 2. The maximum Gasteiger partial charge on any atom is 0.262 e. The Morgan fingerprint density at radius 3 is 2.41 bits per heavy atom. The molecule has 2 aromatic rings. The van der Waals surface area contributed by atoms with Gasteiger partial charge in [0.05, 0.1) is 23.3 Å². The molecular weight excluding hydrogens is 364 g/mol. The van der Waals surface area contributed by atoms with E-state index in [1.165, 1.54) is 6.07 Å². The zero-order valence-corrected chi connectivity index (χ0v) is 17.1. The van der Waals surface area contributed by atoms with E-state index in [-0.39, 0.29) is 28.1 Å². The van der Waals surface area contributed by atoms with Crippen LogP contribution in [0.15, 0.2) is 41.3 Å². The fourth-order valence-electron chi connectivity index (χ4n) is 2.66. The van der Waals surface area contributed by atoms with Gasteiger partial charge in [0.15, 0.2) is 0 Å². The average molecular weight is 391 g/mol. The first-order valence-corrected chi connectivity index (χ1v) is 10.3. The van der Waals surface area contributed by atoms with Crippen LogP contribution in [0.3, 0.4) is 0 Å². The number of nitrogens with one attached hydrogen (secondary N) is 2. The molecule has 0 saturated heterocycles. The molecule has 0 unspecified atom stereocenters. The summed E-state index contributed by atoms with van der Waals surface area (Å²) >= 11 is 0. The predicted molar refractivity (Wildman–Crippen MR) is 107 cm³/mol.